The molecule has 1 fully saturated rings. The molecule has 0 spiro atoms. The summed E-state index contributed by atoms with van der Waals surface area (Å²) in [6.07, 6.45) is 0.786. The second-order valence-corrected chi connectivity index (χ2v) is 4.13. The molecule has 1 unspecified atom stereocenters. The maximum absolute atomic E-state index is 11.7. The van der Waals surface area contributed by atoms with Crippen molar-refractivity contribution in [2.75, 3.05) is 39.9 Å². The number of methoxy groups -OCH3 is 1. The minimum Gasteiger partial charge on any atom is -0.385 e. The standard InChI is InChI=1S/C11H21N3O3/c1-9-11(16)14(6-5-12-9)8-10(15)13-4-3-7-17-2/h9,12H,3-8H2,1-2H3,(H,13,15). The van der Waals surface area contributed by atoms with Crippen LogP contribution in [-0.2, 0) is 14.3 Å². The maximum Gasteiger partial charge on any atom is 0.239 e. The molecule has 0 aromatic rings. The van der Waals surface area contributed by atoms with Crippen LogP contribution in [-0.4, -0.2) is 62.7 Å². The maximum atomic E-state index is 11.7. The predicted octanol–water partition coefficient (Wildman–Crippen LogP) is -1.04. The second kappa shape index (κ2) is 7.24. The van der Waals surface area contributed by atoms with E-state index in [4.69, 9.17) is 4.74 Å². The normalized spacial score (nSPS) is 20.5. The number of amides is 2. The average Bonchev–Trinajstić information content (AvgIpc) is 2.31. The summed E-state index contributed by atoms with van der Waals surface area (Å²) in [5.41, 5.74) is 0. The zero-order valence-corrected chi connectivity index (χ0v) is 10.5. The smallest absolute Gasteiger partial charge is 0.239 e. The summed E-state index contributed by atoms with van der Waals surface area (Å²) >= 11 is 0. The van der Waals surface area contributed by atoms with E-state index in [0.29, 0.717) is 19.7 Å². The van der Waals surface area contributed by atoms with Gasteiger partial charge in [0.15, 0.2) is 0 Å². The lowest BCUT2D eigenvalue weighted by Crippen LogP contribution is -2.55. The number of carbonyl (C=O) groups is 2. The van der Waals surface area contributed by atoms with Crippen molar-refractivity contribution in [3.05, 3.63) is 0 Å². The molecular formula is C11H21N3O3. The summed E-state index contributed by atoms with van der Waals surface area (Å²) in [4.78, 5) is 24.9. The predicted molar refractivity (Wildman–Crippen MR) is 63.5 cm³/mol. The summed E-state index contributed by atoms with van der Waals surface area (Å²) in [5, 5.41) is 5.82. The number of ether oxygens (including phenoxy) is 1. The van der Waals surface area contributed by atoms with Crippen molar-refractivity contribution in [3.63, 3.8) is 0 Å². The fourth-order valence-electron chi connectivity index (χ4n) is 1.72. The van der Waals surface area contributed by atoms with E-state index < -0.39 is 0 Å². The van der Waals surface area contributed by atoms with E-state index in [0.717, 1.165) is 13.0 Å². The molecular weight excluding hydrogens is 222 g/mol. The van der Waals surface area contributed by atoms with Gasteiger partial charge in [0.1, 0.15) is 0 Å². The third kappa shape index (κ3) is 4.70. The second-order valence-electron chi connectivity index (χ2n) is 4.13. The van der Waals surface area contributed by atoms with E-state index in [1.165, 1.54) is 0 Å². The number of nitrogens with one attached hydrogen (secondary N) is 2. The lowest BCUT2D eigenvalue weighted by Gasteiger charge is -2.30. The molecule has 0 bridgehead atoms. The summed E-state index contributed by atoms with van der Waals surface area (Å²) in [7, 11) is 1.63. The van der Waals surface area contributed by atoms with Crippen LogP contribution < -0.4 is 10.6 Å². The van der Waals surface area contributed by atoms with Gasteiger partial charge in [-0.1, -0.05) is 0 Å². The van der Waals surface area contributed by atoms with Gasteiger partial charge in [0.25, 0.3) is 0 Å². The first kappa shape index (κ1) is 13.9. The average molecular weight is 243 g/mol. The molecule has 1 aliphatic heterocycles. The molecule has 1 heterocycles. The molecule has 98 valence electrons. The molecule has 0 radical (unpaired) electrons. The van der Waals surface area contributed by atoms with Gasteiger partial charge < -0.3 is 20.3 Å². The van der Waals surface area contributed by atoms with E-state index in [-0.39, 0.29) is 24.4 Å². The van der Waals surface area contributed by atoms with Crippen LogP contribution >= 0.6 is 0 Å². The van der Waals surface area contributed by atoms with Crippen LogP contribution in [0.15, 0.2) is 0 Å². The number of carbonyl (C=O) groups excluding carboxylic acids is 2. The molecule has 6 heteroatoms. The van der Waals surface area contributed by atoms with Gasteiger partial charge in [0, 0.05) is 33.4 Å². The number of hydrogen-bond acceptors (Lipinski definition) is 4. The number of piperazine rings is 1. The largest absolute Gasteiger partial charge is 0.385 e. The van der Waals surface area contributed by atoms with Crippen LogP contribution in [0, 0.1) is 0 Å². The Morgan fingerprint density at radius 2 is 2.41 bits per heavy atom. The Morgan fingerprint density at radius 3 is 3.12 bits per heavy atom. The van der Waals surface area contributed by atoms with E-state index in [9.17, 15) is 9.59 Å². The summed E-state index contributed by atoms with van der Waals surface area (Å²) < 4.78 is 4.88. The molecule has 1 aliphatic rings. The highest BCUT2D eigenvalue weighted by Crippen LogP contribution is 2.00. The van der Waals surface area contributed by atoms with Gasteiger partial charge in [-0.3, -0.25) is 9.59 Å². The molecule has 0 aromatic carbocycles. The monoisotopic (exact) mass is 243 g/mol. The highest BCUT2D eigenvalue weighted by molar-refractivity contribution is 5.87. The van der Waals surface area contributed by atoms with Crippen molar-refractivity contribution in [1.82, 2.24) is 15.5 Å². The number of rotatable bonds is 6. The van der Waals surface area contributed by atoms with Crippen molar-refractivity contribution in [2.45, 2.75) is 19.4 Å². The van der Waals surface area contributed by atoms with Crippen LogP contribution in [0.3, 0.4) is 0 Å². The first-order chi connectivity index (χ1) is 8.15. The van der Waals surface area contributed by atoms with Crippen LogP contribution in [0.4, 0.5) is 0 Å². The SMILES string of the molecule is COCCCNC(=O)CN1CCNC(C)C1=O. The van der Waals surface area contributed by atoms with Gasteiger partial charge in [0.05, 0.1) is 12.6 Å². The van der Waals surface area contributed by atoms with E-state index >= 15 is 0 Å². The van der Waals surface area contributed by atoms with Gasteiger partial charge in [-0.15, -0.1) is 0 Å². The van der Waals surface area contributed by atoms with Gasteiger partial charge in [-0.05, 0) is 13.3 Å². The van der Waals surface area contributed by atoms with Crippen molar-refractivity contribution in [2.24, 2.45) is 0 Å². The van der Waals surface area contributed by atoms with Crippen LogP contribution in [0.2, 0.25) is 0 Å². The molecule has 0 aliphatic carbocycles. The summed E-state index contributed by atoms with van der Waals surface area (Å²) in [6, 6.07) is -0.190. The third-order valence-corrected chi connectivity index (χ3v) is 2.70. The summed E-state index contributed by atoms with van der Waals surface area (Å²) in [6.45, 7) is 4.51. The Hall–Kier alpha value is -1.14. The Morgan fingerprint density at radius 1 is 1.65 bits per heavy atom. The molecule has 0 aromatic heterocycles. The molecule has 1 saturated heterocycles. The van der Waals surface area contributed by atoms with Crippen LogP contribution in [0.5, 0.6) is 0 Å². The Bertz CT molecular complexity index is 271. The highest BCUT2D eigenvalue weighted by Gasteiger charge is 2.25. The number of hydrogen-bond donors (Lipinski definition) is 2. The first-order valence-electron chi connectivity index (χ1n) is 5.93. The van der Waals surface area contributed by atoms with Crippen molar-refractivity contribution in [1.29, 1.82) is 0 Å². The Balaban J connectivity index is 2.23. The Kier molecular flexibility index (Phi) is 5.93. The van der Waals surface area contributed by atoms with E-state index in [1.807, 2.05) is 6.92 Å². The fourth-order valence-corrected chi connectivity index (χ4v) is 1.72. The highest BCUT2D eigenvalue weighted by atomic mass is 16.5. The lowest BCUT2D eigenvalue weighted by molar-refractivity contribution is -0.139. The van der Waals surface area contributed by atoms with E-state index in [2.05, 4.69) is 10.6 Å². The van der Waals surface area contributed by atoms with Crippen LogP contribution in [0.1, 0.15) is 13.3 Å². The van der Waals surface area contributed by atoms with Gasteiger partial charge in [0.2, 0.25) is 11.8 Å². The summed E-state index contributed by atoms with van der Waals surface area (Å²) in [5.74, 6) is -0.119. The quantitative estimate of drug-likeness (QED) is 0.585. The van der Waals surface area contributed by atoms with Gasteiger partial charge >= 0.3 is 0 Å². The zero-order valence-electron chi connectivity index (χ0n) is 10.5. The molecule has 1 rings (SSSR count). The molecule has 2 amide bonds. The fraction of sp³-hybridized carbons (Fsp3) is 0.818. The lowest BCUT2D eigenvalue weighted by atomic mass is 10.2. The minimum atomic E-state index is -0.190. The van der Waals surface area contributed by atoms with Crippen molar-refractivity contribution >= 4 is 11.8 Å². The topological polar surface area (TPSA) is 70.7 Å². The van der Waals surface area contributed by atoms with Gasteiger partial charge in [-0.2, -0.15) is 0 Å². The molecule has 2 N–H and O–H groups in total. The molecule has 6 nitrogen and oxygen atoms in total. The first-order valence-corrected chi connectivity index (χ1v) is 5.93. The van der Waals surface area contributed by atoms with Gasteiger partial charge in [-0.25, -0.2) is 0 Å². The Labute approximate surface area is 102 Å². The third-order valence-electron chi connectivity index (χ3n) is 2.70. The van der Waals surface area contributed by atoms with Crippen molar-refractivity contribution < 1.29 is 14.3 Å². The minimum absolute atomic E-state index is 0.0108. The molecule has 1 atom stereocenters. The molecule has 0 saturated carbocycles. The van der Waals surface area contributed by atoms with Crippen LogP contribution in [0.25, 0.3) is 0 Å². The molecule has 17 heavy (non-hydrogen) atoms. The zero-order chi connectivity index (χ0) is 12.7. The van der Waals surface area contributed by atoms with Crippen molar-refractivity contribution in [3.8, 4) is 0 Å². The number of nitrogens with zero attached hydrogens (tertiary/aromatic N) is 1. The van der Waals surface area contributed by atoms with E-state index in [1.54, 1.807) is 12.0 Å².